The van der Waals surface area contributed by atoms with E-state index in [1.54, 1.807) is 0 Å². The average Bonchev–Trinajstić information content (AvgIpc) is 2.49. The van der Waals surface area contributed by atoms with Gasteiger partial charge in [0.1, 0.15) is 5.78 Å². The van der Waals surface area contributed by atoms with Crippen LogP contribution in [0.3, 0.4) is 0 Å². The minimum absolute atomic E-state index is 0.104. The molecule has 3 rings (SSSR count). The van der Waals surface area contributed by atoms with Gasteiger partial charge in [-0.1, -0.05) is 18.1 Å². The summed E-state index contributed by atoms with van der Waals surface area (Å²) < 4.78 is 0. The highest BCUT2D eigenvalue weighted by molar-refractivity contribution is 5.91. The van der Waals surface area contributed by atoms with Crippen molar-refractivity contribution >= 4 is 5.78 Å². The van der Waals surface area contributed by atoms with E-state index in [1.807, 2.05) is 0 Å². The third kappa shape index (κ3) is 0.762. The fourth-order valence-corrected chi connectivity index (χ4v) is 3.86. The van der Waals surface area contributed by atoms with Gasteiger partial charge in [-0.05, 0) is 38.5 Å². The number of Topliss-reactive ketones (excluding diaryl/α,β-unsaturated/α-hetero) is 1. The van der Waals surface area contributed by atoms with Crippen molar-refractivity contribution in [1.29, 1.82) is 0 Å². The van der Waals surface area contributed by atoms with Gasteiger partial charge in [-0.15, -0.1) is 0 Å². The molecule has 0 N–H and O–H groups in total. The van der Waals surface area contributed by atoms with Crippen LogP contribution in [0.5, 0.6) is 0 Å². The van der Waals surface area contributed by atoms with Crippen molar-refractivity contribution in [3.8, 4) is 0 Å². The van der Waals surface area contributed by atoms with Crippen LogP contribution in [0, 0.1) is 17.3 Å². The van der Waals surface area contributed by atoms with E-state index in [1.165, 1.54) is 31.3 Å². The summed E-state index contributed by atoms with van der Waals surface area (Å²) in [5, 5.41) is 0. The van der Waals surface area contributed by atoms with Gasteiger partial charge < -0.3 is 0 Å². The van der Waals surface area contributed by atoms with Gasteiger partial charge in [-0.25, -0.2) is 0 Å². The zero-order chi connectivity index (χ0) is 9.05. The molecular formula is C12H16O. The Balaban J connectivity index is 2.07. The van der Waals surface area contributed by atoms with Crippen molar-refractivity contribution in [1.82, 2.24) is 0 Å². The van der Waals surface area contributed by atoms with E-state index in [9.17, 15) is 4.79 Å². The number of hydrogen-bond acceptors (Lipinski definition) is 1. The van der Waals surface area contributed by atoms with Crippen molar-refractivity contribution in [3.05, 3.63) is 11.6 Å². The van der Waals surface area contributed by atoms with Crippen LogP contribution in [0.25, 0.3) is 0 Å². The third-order valence-corrected chi connectivity index (χ3v) is 4.56. The summed E-state index contributed by atoms with van der Waals surface area (Å²) in [6.45, 7) is 2.22. The number of hydrogen-bond donors (Lipinski definition) is 0. The molecule has 0 aromatic carbocycles. The largest absolute Gasteiger partial charge is 0.299 e. The maximum atomic E-state index is 12.1. The van der Waals surface area contributed by atoms with Crippen molar-refractivity contribution in [3.63, 3.8) is 0 Å². The summed E-state index contributed by atoms with van der Waals surface area (Å²) in [7, 11) is 0. The van der Waals surface area contributed by atoms with Crippen LogP contribution in [0.15, 0.2) is 11.6 Å². The Hall–Kier alpha value is -0.590. The van der Waals surface area contributed by atoms with Gasteiger partial charge in [0.25, 0.3) is 0 Å². The Morgan fingerprint density at radius 3 is 3.23 bits per heavy atom. The third-order valence-electron chi connectivity index (χ3n) is 4.56. The second-order valence-corrected chi connectivity index (χ2v) is 5.05. The Labute approximate surface area is 79.2 Å². The first kappa shape index (κ1) is 7.78. The van der Waals surface area contributed by atoms with Crippen LogP contribution < -0.4 is 0 Å². The highest BCUT2D eigenvalue weighted by Gasteiger charge is 2.57. The zero-order valence-corrected chi connectivity index (χ0v) is 8.18. The molecule has 70 valence electrons. The fourth-order valence-electron chi connectivity index (χ4n) is 3.86. The highest BCUT2D eigenvalue weighted by atomic mass is 16.1. The van der Waals surface area contributed by atoms with Crippen molar-refractivity contribution in [2.24, 2.45) is 17.3 Å². The van der Waals surface area contributed by atoms with Crippen molar-refractivity contribution in [2.45, 2.75) is 39.0 Å². The Bertz CT molecular complexity index is 302. The molecule has 3 aliphatic rings. The minimum Gasteiger partial charge on any atom is -0.299 e. The summed E-state index contributed by atoms with van der Waals surface area (Å²) in [6, 6.07) is 0. The molecule has 0 aromatic rings. The molecule has 0 saturated heterocycles. The van der Waals surface area contributed by atoms with Gasteiger partial charge in [0.15, 0.2) is 0 Å². The van der Waals surface area contributed by atoms with E-state index in [0.29, 0.717) is 17.6 Å². The van der Waals surface area contributed by atoms with Crippen molar-refractivity contribution in [2.75, 3.05) is 0 Å². The number of fused-ring (bicyclic) bond motifs is 1. The first-order chi connectivity index (χ1) is 6.24. The lowest BCUT2D eigenvalue weighted by Crippen LogP contribution is -2.34. The SMILES string of the molecule is CC1=CCC23CCCC(CC12)C3=O. The molecule has 3 aliphatic carbocycles. The lowest BCUT2D eigenvalue weighted by molar-refractivity contribution is -0.132. The summed E-state index contributed by atoms with van der Waals surface area (Å²) in [5.74, 6) is 1.67. The molecule has 1 spiro atoms. The van der Waals surface area contributed by atoms with E-state index >= 15 is 0 Å². The van der Waals surface area contributed by atoms with Crippen LogP contribution in [-0.4, -0.2) is 5.78 Å². The summed E-state index contributed by atoms with van der Waals surface area (Å²) in [6.07, 6.45) is 8.16. The molecule has 2 fully saturated rings. The molecule has 0 aromatic heterocycles. The molecule has 3 unspecified atom stereocenters. The lowest BCUT2D eigenvalue weighted by Gasteiger charge is -2.31. The molecule has 3 atom stereocenters. The van der Waals surface area contributed by atoms with Gasteiger partial charge in [0.2, 0.25) is 0 Å². The number of ketones is 1. The zero-order valence-electron chi connectivity index (χ0n) is 8.18. The van der Waals surface area contributed by atoms with E-state index in [2.05, 4.69) is 13.0 Å². The summed E-state index contributed by atoms with van der Waals surface area (Å²) in [4.78, 5) is 12.1. The maximum absolute atomic E-state index is 12.1. The van der Waals surface area contributed by atoms with E-state index in [4.69, 9.17) is 0 Å². The normalized spacial score (nSPS) is 47.8. The number of carbonyl (C=O) groups is 1. The molecule has 13 heavy (non-hydrogen) atoms. The van der Waals surface area contributed by atoms with Gasteiger partial charge in [-0.2, -0.15) is 0 Å². The quantitative estimate of drug-likeness (QED) is 0.519. The average molecular weight is 176 g/mol. The Kier molecular flexibility index (Phi) is 1.35. The van der Waals surface area contributed by atoms with Crippen molar-refractivity contribution < 1.29 is 4.79 Å². The lowest BCUT2D eigenvalue weighted by atomic mass is 9.70. The van der Waals surface area contributed by atoms with Gasteiger partial charge in [0, 0.05) is 11.3 Å². The first-order valence-corrected chi connectivity index (χ1v) is 5.45. The van der Waals surface area contributed by atoms with Gasteiger partial charge in [0.05, 0.1) is 0 Å². The van der Waals surface area contributed by atoms with Crippen LogP contribution in [-0.2, 0) is 4.79 Å². The monoisotopic (exact) mass is 176 g/mol. The predicted molar refractivity (Wildman–Crippen MR) is 51.3 cm³/mol. The van der Waals surface area contributed by atoms with E-state index in [-0.39, 0.29) is 5.41 Å². The van der Waals surface area contributed by atoms with Gasteiger partial charge in [-0.3, -0.25) is 4.79 Å². The Morgan fingerprint density at radius 1 is 1.54 bits per heavy atom. The molecule has 0 aliphatic heterocycles. The highest BCUT2D eigenvalue weighted by Crippen LogP contribution is 2.59. The second kappa shape index (κ2) is 2.26. The first-order valence-electron chi connectivity index (χ1n) is 5.45. The molecular weight excluding hydrogens is 160 g/mol. The number of rotatable bonds is 0. The fraction of sp³-hybridized carbons (Fsp3) is 0.750. The molecule has 2 bridgehead atoms. The molecule has 2 saturated carbocycles. The summed E-state index contributed by atoms with van der Waals surface area (Å²) >= 11 is 0. The maximum Gasteiger partial charge on any atom is 0.143 e. The van der Waals surface area contributed by atoms with Crippen LogP contribution in [0.4, 0.5) is 0 Å². The molecule has 0 radical (unpaired) electrons. The minimum atomic E-state index is 0.104. The smallest absolute Gasteiger partial charge is 0.143 e. The van der Waals surface area contributed by atoms with E-state index < -0.39 is 0 Å². The second-order valence-electron chi connectivity index (χ2n) is 5.05. The molecule has 1 heteroatoms. The number of allylic oxidation sites excluding steroid dienone is 2. The molecule has 0 heterocycles. The van der Waals surface area contributed by atoms with Crippen LogP contribution in [0.1, 0.15) is 39.0 Å². The molecule has 1 nitrogen and oxygen atoms in total. The van der Waals surface area contributed by atoms with Gasteiger partial charge >= 0.3 is 0 Å². The van der Waals surface area contributed by atoms with E-state index in [0.717, 1.165) is 6.42 Å². The summed E-state index contributed by atoms with van der Waals surface area (Å²) in [5.41, 5.74) is 1.60. The number of carbonyl (C=O) groups excluding carboxylic acids is 1. The van der Waals surface area contributed by atoms with Crippen LogP contribution >= 0.6 is 0 Å². The predicted octanol–water partition coefficient (Wildman–Crippen LogP) is 2.71. The standard InChI is InChI=1S/C12H16O/c1-8-4-6-12-5-2-3-9(11(12)13)7-10(8)12/h4,9-10H,2-3,5-7H2,1H3. The molecule has 0 amide bonds. The topological polar surface area (TPSA) is 17.1 Å². The van der Waals surface area contributed by atoms with Crippen LogP contribution in [0.2, 0.25) is 0 Å². The Morgan fingerprint density at radius 2 is 2.38 bits per heavy atom.